The zero-order chi connectivity index (χ0) is 57.0. The van der Waals surface area contributed by atoms with Gasteiger partial charge in [-0.25, -0.2) is 0 Å². The van der Waals surface area contributed by atoms with Crippen molar-refractivity contribution in [3.63, 3.8) is 0 Å². The first kappa shape index (κ1) is 56.0. The van der Waals surface area contributed by atoms with Gasteiger partial charge in [-0.1, -0.05) is 185 Å². The summed E-state index contributed by atoms with van der Waals surface area (Å²) in [5.74, 6) is 4.90. The number of hydrogen-bond donors (Lipinski definition) is 0. The maximum atomic E-state index is 6.34. The van der Waals surface area contributed by atoms with Crippen molar-refractivity contribution in [3.8, 4) is 23.0 Å². The Morgan fingerprint density at radius 1 is 0.429 bits per heavy atom. The van der Waals surface area contributed by atoms with Crippen molar-refractivity contribution in [3.05, 3.63) is 262 Å². The molecule has 8 nitrogen and oxygen atoms in total. The van der Waals surface area contributed by atoms with E-state index in [9.17, 15) is 0 Å². The highest BCUT2D eigenvalue weighted by molar-refractivity contribution is 5.67. The van der Waals surface area contributed by atoms with E-state index in [1.54, 1.807) is 0 Å². The predicted octanol–water partition coefficient (Wildman–Crippen LogP) is 15.0. The Bertz CT molecular complexity index is 3330. The fraction of sp³-hybridized carbons (Fsp3) is 0.368. The van der Waals surface area contributed by atoms with E-state index in [1.807, 2.05) is 12.2 Å². The second-order valence-electron chi connectivity index (χ2n) is 24.0. The molecule has 6 aromatic rings. The number of aryl methyl sites for hydroxylation is 2. The van der Waals surface area contributed by atoms with E-state index in [2.05, 4.69) is 197 Å². The Morgan fingerprint density at radius 3 is 1.08 bits per heavy atom. The average molecular weight is 1120 g/mol. The molecule has 8 atom stereocenters. The first-order valence-electron chi connectivity index (χ1n) is 31.1. The Kier molecular flexibility index (Phi) is 16.5. The van der Waals surface area contributed by atoms with Gasteiger partial charge in [0, 0.05) is 23.7 Å². The summed E-state index contributed by atoms with van der Waals surface area (Å²) in [6.45, 7) is 18.2. The summed E-state index contributed by atoms with van der Waals surface area (Å²) in [7, 11) is 0. The van der Waals surface area contributed by atoms with Gasteiger partial charge in [-0.2, -0.15) is 0 Å². The molecule has 0 saturated carbocycles. The number of unbranched alkanes of at least 4 members (excludes halogenated alkanes) is 2. The molecule has 4 fully saturated rings. The summed E-state index contributed by atoms with van der Waals surface area (Å²) in [4.78, 5) is 0. The zero-order valence-electron chi connectivity index (χ0n) is 48.9. The number of fused-ring (bicyclic) bond motifs is 6. The molecule has 0 radical (unpaired) electrons. The summed E-state index contributed by atoms with van der Waals surface area (Å²) < 4.78 is 46.9. The maximum absolute atomic E-state index is 6.34. The van der Waals surface area contributed by atoms with Crippen molar-refractivity contribution in [1.29, 1.82) is 0 Å². The molecule has 84 heavy (non-hydrogen) atoms. The van der Waals surface area contributed by atoms with Crippen molar-refractivity contribution in [2.75, 3.05) is 52.9 Å². The van der Waals surface area contributed by atoms with Crippen LogP contribution in [-0.4, -0.2) is 77.3 Å². The summed E-state index contributed by atoms with van der Waals surface area (Å²) in [6.07, 6.45) is 31.3. The summed E-state index contributed by atoms with van der Waals surface area (Å²) in [5, 5.41) is 0. The average Bonchev–Trinajstić information content (AvgIpc) is 1.66. The zero-order valence-corrected chi connectivity index (χ0v) is 48.9. The number of ether oxygens (including phenoxy) is 8. The Labute approximate surface area is 497 Å². The van der Waals surface area contributed by atoms with Gasteiger partial charge in [0.15, 0.2) is 0 Å². The lowest BCUT2D eigenvalue weighted by atomic mass is 9.62. The number of allylic oxidation sites excluding steroid dienone is 10. The largest absolute Gasteiger partial charge is 0.491 e. The Morgan fingerprint density at radius 2 is 0.750 bits per heavy atom. The van der Waals surface area contributed by atoms with E-state index < -0.39 is 5.41 Å². The molecule has 0 amide bonds. The lowest BCUT2D eigenvalue weighted by Crippen LogP contribution is -2.35. The van der Waals surface area contributed by atoms with Gasteiger partial charge in [0.2, 0.25) is 0 Å². The summed E-state index contributed by atoms with van der Waals surface area (Å²) in [5.41, 5.74) is 14.9. The molecule has 6 aromatic carbocycles. The molecule has 0 aromatic heterocycles. The third-order valence-corrected chi connectivity index (χ3v) is 18.5. The second kappa shape index (κ2) is 24.8. The number of hydrogen-bond acceptors (Lipinski definition) is 8. The van der Waals surface area contributed by atoms with Crippen LogP contribution in [0.2, 0.25) is 0 Å². The minimum atomic E-state index is -0.398. The molecule has 14 rings (SSSR count). The van der Waals surface area contributed by atoms with Crippen LogP contribution in [0.25, 0.3) is 0 Å². The lowest BCUT2D eigenvalue weighted by Gasteiger charge is -2.39. The lowest BCUT2D eigenvalue weighted by molar-refractivity contribution is 0.260. The quantitative estimate of drug-likeness (QED) is 0.0392. The van der Waals surface area contributed by atoms with Crippen LogP contribution in [-0.2, 0) is 55.5 Å². The van der Waals surface area contributed by atoms with Gasteiger partial charge >= 0.3 is 0 Å². The standard InChI is InChI=1S/C39H44O4.C37H36O4/c1-3-5-11-27-21-29(17-19-37(27)42-25-31-23-40-31)39(35-15-9-7-13-33(35)34-14-8-10-16-36(34)39)30-18-20-38(43-26-32-24-41-32)28(22-30)12-6-4-2;1-3-9-25-19-27(15-17-35(25)40-23-29-21-38-29)37(33-13-7-5-11-31(33)32-12-6-8-14-34(32)37)28-16-18-36(26(20-28)10-4-2)41-24-30-22-39-30/h7-10,13-22,31-33,35H,3-6,11-12,23-26H2,1-2H3;3-8,11-20,29-31,33H,1-2,9-10,21-24H2. The molecule has 8 aliphatic rings. The molecular formula is C76H80O8. The third-order valence-electron chi connectivity index (χ3n) is 18.5. The van der Waals surface area contributed by atoms with Gasteiger partial charge in [-0.15, -0.1) is 13.2 Å². The van der Waals surface area contributed by atoms with Crippen LogP contribution in [0.1, 0.15) is 118 Å². The van der Waals surface area contributed by atoms with Gasteiger partial charge in [-0.3, -0.25) is 0 Å². The maximum Gasteiger partial charge on any atom is 0.122 e. The van der Waals surface area contributed by atoms with E-state index in [0.29, 0.717) is 32.3 Å². The molecule has 432 valence electrons. The normalized spacial score (nSPS) is 26.4. The van der Waals surface area contributed by atoms with Crippen LogP contribution in [0.4, 0.5) is 0 Å². The molecule has 4 aliphatic carbocycles. The van der Waals surface area contributed by atoms with Gasteiger partial charge < -0.3 is 37.9 Å². The molecule has 8 unspecified atom stereocenters. The van der Waals surface area contributed by atoms with E-state index in [1.165, 1.54) is 55.6 Å². The first-order valence-corrected chi connectivity index (χ1v) is 31.1. The monoisotopic (exact) mass is 1120 g/mol. The highest BCUT2D eigenvalue weighted by Gasteiger charge is 2.55. The third kappa shape index (κ3) is 11.2. The fourth-order valence-corrected chi connectivity index (χ4v) is 14.0. The van der Waals surface area contributed by atoms with E-state index in [4.69, 9.17) is 37.9 Å². The van der Waals surface area contributed by atoms with Crippen molar-refractivity contribution < 1.29 is 37.9 Å². The van der Waals surface area contributed by atoms with E-state index in [0.717, 1.165) is 112 Å². The van der Waals surface area contributed by atoms with Crippen molar-refractivity contribution >= 4 is 0 Å². The minimum Gasteiger partial charge on any atom is -0.491 e. The van der Waals surface area contributed by atoms with Crippen LogP contribution in [0.15, 0.2) is 195 Å². The van der Waals surface area contributed by atoms with Gasteiger partial charge in [-0.05, 0) is 130 Å². The molecular weight excluding hydrogens is 1040 g/mol. The SMILES string of the molecule is C=CCc1cc(C2(c3ccc(OCC4CO4)c(CC=C)c3)c3ccccc3C3C=CC=CC32)ccc1OCC1CO1.CCCCc1cc(C2(c3ccc(OCC4CO4)c(CCCC)c3)c3ccccc3C3C=CC=CC32)ccc1OCC1CO1. The number of benzene rings is 6. The summed E-state index contributed by atoms with van der Waals surface area (Å²) >= 11 is 0. The molecule has 4 saturated heterocycles. The minimum absolute atomic E-state index is 0.203. The smallest absolute Gasteiger partial charge is 0.122 e. The van der Waals surface area contributed by atoms with Crippen molar-refractivity contribution in [2.24, 2.45) is 11.8 Å². The molecule has 0 spiro atoms. The Hall–Kier alpha value is -7.20. The van der Waals surface area contributed by atoms with Crippen LogP contribution in [0.3, 0.4) is 0 Å². The van der Waals surface area contributed by atoms with E-state index >= 15 is 0 Å². The summed E-state index contributed by atoms with van der Waals surface area (Å²) in [6, 6.07) is 45.7. The fourth-order valence-electron chi connectivity index (χ4n) is 14.0. The highest BCUT2D eigenvalue weighted by Crippen LogP contribution is 2.62. The van der Waals surface area contributed by atoms with Crippen LogP contribution in [0.5, 0.6) is 23.0 Å². The first-order chi connectivity index (χ1) is 41.4. The molecule has 8 heteroatoms. The van der Waals surface area contributed by atoms with Crippen molar-refractivity contribution in [2.45, 2.75) is 112 Å². The predicted molar refractivity (Wildman–Crippen MR) is 333 cm³/mol. The number of rotatable bonds is 26. The van der Waals surface area contributed by atoms with E-state index in [-0.39, 0.29) is 47.6 Å². The molecule has 4 aliphatic heterocycles. The van der Waals surface area contributed by atoms with Crippen LogP contribution >= 0.6 is 0 Å². The molecule has 0 N–H and O–H groups in total. The van der Waals surface area contributed by atoms with Crippen LogP contribution < -0.4 is 18.9 Å². The highest BCUT2D eigenvalue weighted by atomic mass is 16.6. The van der Waals surface area contributed by atoms with Crippen molar-refractivity contribution in [1.82, 2.24) is 0 Å². The molecule has 0 bridgehead atoms. The Balaban J connectivity index is 0.000000157. The van der Waals surface area contributed by atoms with Gasteiger partial charge in [0.1, 0.15) is 73.8 Å². The van der Waals surface area contributed by atoms with Crippen LogP contribution in [0, 0.1) is 11.8 Å². The molecule has 4 heterocycles. The van der Waals surface area contributed by atoms with Gasteiger partial charge in [0.25, 0.3) is 0 Å². The topological polar surface area (TPSA) is 87.0 Å². The van der Waals surface area contributed by atoms with Gasteiger partial charge in [0.05, 0.1) is 37.3 Å². The number of epoxide rings is 4. The second-order valence-corrected chi connectivity index (χ2v) is 24.0.